The number of hydrogen-bond donors (Lipinski definition) is 0. The van der Waals surface area contributed by atoms with Gasteiger partial charge in [-0.2, -0.15) is 8.42 Å². The molecule has 0 aliphatic carbocycles. The van der Waals surface area contributed by atoms with Crippen LogP contribution in [0.1, 0.15) is 71.1 Å². The van der Waals surface area contributed by atoms with Crippen LogP contribution in [-0.4, -0.2) is 43.9 Å². The van der Waals surface area contributed by atoms with E-state index in [2.05, 4.69) is 11.1 Å². The second-order valence-corrected chi connectivity index (χ2v) is 7.35. The summed E-state index contributed by atoms with van der Waals surface area (Å²) in [5, 5.41) is 0. The fourth-order valence-electron chi connectivity index (χ4n) is 2.38. The molecule has 0 fully saturated rings. The molecule has 24 heavy (non-hydrogen) atoms. The number of unbranched alkanes of at least 4 members (excludes halogenated alkanes) is 8. The molecule has 0 heterocycles. The van der Waals surface area contributed by atoms with E-state index in [9.17, 15) is 13.2 Å². The first-order chi connectivity index (χ1) is 11.1. The van der Waals surface area contributed by atoms with Gasteiger partial charge in [0.05, 0.1) is 0 Å². The van der Waals surface area contributed by atoms with Crippen molar-refractivity contribution in [3.63, 3.8) is 0 Å². The van der Waals surface area contributed by atoms with Crippen LogP contribution in [-0.2, 0) is 19.1 Å². The molecule has 1 radical (unpaired) electrons. The average Bonchev–Trinajstić information content (AvgIpc) is 2.54. The predicted molar refractivity (Wildman–Crippen MR) is 97.3 cm³/mol. The van der Waals surface area contributed by atoms with Crippen LogP contribution in [0.5, 0.6) is 0 Å². The third-order valence-corrected chi connectivity index (χ3v) is 4.97. The molecule has 0 aliphatic heterocycles. The fourth-order valence-corrected chi connectivity index (χ4v) is 3.29. The van der Waals surface area contributed by atoms with E-state index < -0.39 is 16.1 Å². The summed E-state index contributed by atoms with van der Waals surface area (Å²) in [5.74, 6) is -0.670. The van der Waals surface area contributed by atoms with Crippen LogP contribution < -0.4 is 0 Å². The third-order valence-electron chi connectivity index (χ3n) is 3.72. The summed E-state index contributed by atoms with van der Waals surface area (Å²) in [4.78, 5) is 11.7. The molecule has 1 aromatic carbocycles. The first kappa shape index (κ1) is 23.6. The minimum absolute atomic E-state index is 0. The summed E-state index contributed by atoms with van der Waals surface area (Å²) < 4.78 is 28.3. The van der Waals surface area contributed by atoms with Gasteiger partial charge in [0.25, 0.3) is 0 Å². The number of rotatable bonds is 12. The van der Waals surface area contributed by atoms with Gasteiger partial charge in [0, 0.05) is 36.0 Å². The van der Waals surface area contributed by atoms with Gasteiger partial charge in [0.2, 0.25) is 0 Å². The molecule has 0 aromatic heterocycles. The van der Waals surface area contributed by atoms with Crippen LogP contribution in [0.4, 0.5) is 0 Å². The Balaban J connectivity index is 0.00000529. The number of hydrogen-bond acceptors (Lipinski definition) is 4. The van der Waals surface area contributed by atoms with Gasteiger partial charge < -0.3 is 4.18 Å². The second kappa shape index (κ2) is 13.9. The molecular weight excluding hydrogens is 335 g/mol. The minimum Gasteiger partial charge on any atom is -0.342 e. The normalized spacial score (nSPS) is 10.9. The van der Waals surface area contributed by atoms with E-state index in [1.165, 1.54) is 50.7 Å². The Labute approximate surface area is 168 Å². The maximum Gasteiger partial charge on any atom is 0.341 e. The third kappa shape index (κ3) is 10.5. The van der Waals surface area contributed by atoms with Crippen LogP contribution in [0.25, 0.3) is 0 Å². The van der Waals surface area contributed by atoms with Gasteiger partial charge >= 0.3 is 16.1 Å². The Morgan fingerprint density at radius 3 is 1.92 bits per heavy atom. The van der Waals surface area contributed by atoms with Crippen molar-refractivity contribution in [1.29, 1.82) is 0 Å². The van der Waals surface area contributed by atoms with E-state index in [-0.39, 0.29) is 40.9 Å². The molecule has 1 aromatic rings. The molecule has 0 bridgehead atoms. The monoisotopic (exact) mass is 363 g/mol. The number of carbonyl (C=O) groups is 1. The molecule has 4 nitrogen and oxygen atoms in total. The quantitative estimate of drug-likeness (QED) is 0.312. The van der Waals surface area contributed by atoms with E-state index >= 15 is 0 Å². The van der Waals surface area contributed by atoms with Crippen molar-refractivity contribution in [3.05, 3.63) is 30.3 Å². The topological polar surface area (TPSA) is 60.4 Å². The molecule has 0 atom stereocenters. The van der Waals surface area contributed by atoms with E-state index in [0.29, 0.717) is 6.42 Å². The van der Waals surface area contributed by atoms with Gasteiger partial charge in [-0.1, -0.05) is 76.5 Å². The molecule has 0 unspecified atom stereocenters. The van der Waals surface area contributed by atoms with Gasteiger partial charge in [0.15, 0.2) is 0 Å². The molecule has 131 valence electrons. The zero-order chi connectivity index (χ0) is 17.0. The Hall–Kier alpha value is -0.360. The van der Waals surface area contributed by atoms with Crippen molar-refractivity contribution in [3.8, 4) is 0 Å². The van der Waals surface area contributed by atoms with Crippen molar-refractivity contribution in [2.45, 2.75) is 76.0 Å². The summed E-state index contributed by atoms with van der Waals surface area (Å²) in [6, 6.07) is 7.74. The Kier molecular flexibility index (Phi) is 13.7. The molecule has 0 amide bonds. The molecule has 0 N–H and O–H groups in total. The van der Waals surface area contributed by atoms with Gasteiger partial charge in [0.1, 0.15) is 4.90 Å². The van der Waals surface area contributed by atoms with E-state index in [4.69, 9.17) is 0 Å². The number of carbonyl (C=O) groups excluding carboxylic acids is 1. The van der Waals surface area contributed by atoms with Crippen molar-refractivity contribution < 1.29 is 17.4 Å². The van der Waals surface area contributed by atoms with Crippen LogP contribution in [0.15, 0.2) is 35.2 Å². The van der Waals surface area contributed by atoms with Crippen molar-refractivity contribution >= 4 is 45.6 Å². The van der Waals surface area contributed by atoms with E-state index in [1.807, 2.05) is 0 Å². The fraction of sp³-hybridized carbons (Fsp3) is 0.611. The summed E-state index contributed by atoms with van der Waals surface area (Å²) in [7, 11) is -3.97. The summed E-state index contributed by atoms with van der Waals surface area (Å²) in [6.07, 6.45) is 10.4. The Morgan fingerprint density at radius 1 is 0.875 bits per heavy atom. The average molecular weight is 363 g/mol. The van der Waals surface area contributed by atoms with Crippen LogP contribution >= 0.6 is 0 Å². The largest absolute Gasteiger partial charge is 0.342 e. The van der Waals surface area contributed by atoms with Crippen LogP contribution in [0.2, 0.25) is 0 Å². The second-order valence-electron chi connectivity index (χ2n) is 5.80. The molecular formula is C18H28NaO4S. The smallest absolute Gasteiger partial charge is 0.341 e. The van der Waals surface area contributed by atoms with Crippen LogP contribution in [0, 0.1) is 0 Å². The van der Waals surface area contributed by atoms with Gasteiger partial charge in [-0.25, -0.2) is 0 Å². The zero-order valence-corrected chi connectivity index (χ0v) is 17.8. The predicted octanol–water partition coefficient (Wildman–Crippen LogP) is 4.46. The minimum atomic E-state index is -3.97. The Bertz CT molecular complexity index is 543. The van der Waals surface area contributed by atoms with E-state index in [1.54, 1.807) is 18.2 Å². The standard InChI is InChI=1S/C18H28O4S.Na/c1-2-3-4-5-6-7-8-9-13-16-18(19)22-23(20,21)17-14-11-10-12-15-17;/h10-12,14-15H,2-9,13,16H2,1H3;. The summed E-state index contributed by atoms with van der Waals surface area (Å²) >= 11 is 0. The molecule has 0 saturated carbocycles. The number of benzene rings is 1. The first-order valence-corrected chi connectivity index (χ1v) is 9.99. The molecule has 0 saturated heterocycles. The first-order valence-electron chi connectivity index (χ1n) is 8.58. The maximum absolute atomic E-state index is 11.9. The SMILES string of the molecule is CCCCCCCCCCCC(=O)OS(=O)(=O)c1ccccc1.[Na]. The Morgan fingerprint density at radius 2 is 1.38 bits per heavy atom. The van der Waals surface area contributed by atoms with Gasteiger partial charge in [-0.15, -0.1) is 0 Å². The molecule has 0 aliphatic rings. The van der Waals surface area contributed by atoms with Crippen molar-refractivity contribution in [2.75, 3.05) is 0 Å². The van der Waals surface area contributed by atoms with Crippen molar-refractivity contribution in [2.24, 2.45) is 0 Å². The zero-order valence-electron chi connectivity index (χ0n) is 15.0. The van der Waals surface area contributed by atoms with Gasteiger partial charge in [-0.3, -0.25) is 4.79 Å². The molecule has 0 spiro atoms. The van der Waals surface area contributed by atoms with Crippen molar-refractivity contribution in [1.82, 2.24) is 0 Å². The summed E-state index contributed by atoms with van der Waals surface area (Å²) in [5.41, 5.74) is 0. The van der Waals surface area contributed by atoms with Crippen LogP contribution in [0.3, 0.4) is 0 Å². The molecule has 6 heteroatoms. The molecule has 1 rings (SSSR count). The maximum atomic E-state index is 11.9. The summed E-state index contributed by atoms with van der Waals surface area (Å²) in [6.45, 7) is 2.21. The van der Waals surface area contributed by atoms with E-state index in [0.717, 1.165) is 12.8 Å². The van der Waals surface area contributed by atoms with Gasteiger partial charge in [-0.05, 0) is 18.6 Å².